The van der Waals surface area contributed by atoms with E-state index in [1.54, 1.807) is 0 Å². The standard InChI is InChI=1S/C14H9F3O5S/c15-14(16,17)9-2-1-3-11(6-9)23(18,19)22-10-4-5-12-13(7-10)21-8-20-12/h1-7H,8H2. The van der Waals surface area contributed by atoms with Gasteiger partial charge in [0.2, 0.25) is 6.79 Å². The Kier molecular flexibility index (Phi) is 3.59. The lowest BCUT2D eigenvalue weighted by molar-refractivity contribution is -0.137. The van der Waals surface area contributed by atoms with Crippen molar-refractivity contribution in [2.24, 2.45) is 0 Å². The van der Waals surface area contributed by atoms with E-state index < -0.39 is 26.8 Å². The molecule has 0 saturated heterocycles. The average Bonchev–Trinajstić information content (AvgIpc) is 2.93. The third-order valence-corrected chi connectivity index (χ3v) is 4.24. The van der Waals surface area contributed by atoms with Gasteiger partial charge in [0.15, 0.2) is 11.5 Å². The third kappa shape index (κ3) is 3.19. The van der Waals surface area contributed by atoms with Gasteiger partial charge in [-0.3, -0.25) is 0 Å². The summed E-state index contributed by atoms with van der Waals surface area (Å²) in [7, 11) is -4.41. The molecule has 0 fully saturated rings. The molecular formula is C14H9F3O5S. The Morgan fingerprint density at radius 2 is 1.74 bits per heavy atom. The van der Waals surface area contributed by atoms with Crippen molar-refractivity contribution in [2.45, 2.75) is 11.1 Å². The van der Waals surface area contributed by atoms with Gasteiger partial charge in [-0.15, -0.1) is 0 Å². The fourth-order valence-corrected chi connectivity index (χ4v) is 2.90. The van der Waals surface area contributed by atoms with Gasteiger partial charge in [0, 0.05) is 6.07 Å². The molecule has 0 amide bonds. The molecule has 23 heavy (non-hydrogen) atoms. The number of benzene rings is 2. The zero-order valence-corrected chi connectivity index (χ0v) is 12.1. The number of ether oxygens (including phenoxy) is 2. The Balaban J connectivity index is 1.90. The predicted molar refractivity (Wildman–Crippen MR) is 71.8 cm³/mol. The Hall–Kier alpha value is -2.42. The molecule has 1 heterocycles. The van der Waals surface area contributed by atoms with Crippen LogP contribution in [0, 0.1) is 0 Å². The van der Waals surface area contributed by atoms with Crippen molar-refractivity contribution in [3.8, 4) is 17.2 Å². The van der Waals surface area contributed by atoms with E-state index >= 15 is 0 Å². The molecule has 0 N–H and O–H groups in total. The lowest BCUT2D eigenvalue weighted by atomic mass is 10.2. The molecule has 1 aliphatic rings. The highest BCUT2D eigenvalue weighted by Crippen LogP contribution is 2.36. The van der Waals surface area contributed by atoms with Gasteiger partial charge < -0.3 is 13.7 Å². The van der Waals surface area contributed by atoms with Crippen LogP contribution < -0.4 is 13.7 Å². The van der Waals surface area contributed by atoms with Gasteiger partial charge in [0.25, 0.3) is 0 Å². The number of fused-ring (bicyclic) bond motifs is 1. The number of halogens is 3. The lowest BCUT2D eigenvalue weighted by Gasteiger charge is -2.10. The SMILES string of the molecule is O=S(=O)(Oc1ccc2c(c1)OCO2)c1cccc(C(F)(F)F)c1. The summed E-state index contributed by atoms with van der Waals surface area (Å²) in [5.41, 5.74) is -1.08. The van der Waals surface area contributed by atoms with Gasteiger partial charge in [-0.05, 0) is 30.3 Å². The summed E-state index contributed by atoms with van der Waals surface area (Å²) in [6.45, 7) is -0.000829. The van der Waals surface area contributed by atoms with E-state index in [0.717, 1.165) is 18.2 Å². The molecule has 0 bridgehead atoms. The van der Waals surface area contributed by atoms with E-state index in [0.29, 0.717) is 17.6 Å². The van der Waals surface area contributed by atoms with Gasteiger partial charge in [-0.1, -0.05) is 6.07 Å². The zero-order valence-electron chi connectivity index (χ0n) is 11.3. The Labute approximate surface area is 129 Å². The van der Waals surface area contributed by atoms with Crippen molar-refractivity contribution < 1.29 is 35.2 Å². The predicted octanol–water partition coefficient (Wildman–Crippen LogP) is 3.20. The Morgan fingerprint density at radius 3 is 2.48 bits per heavy atom. The van der Waals surface area contributed by atoms with Crippen LogP contribution in [0.5, 0.6) is 17.2 Å². The first kappa shape index (κ1) is 15.5. The fraction of sp³-hybridized carbons (Fsp3) is 0.143. The first-order chi connectivity index (χ1) is 10.8. The van der Waals surface area contributed by atoms with Gasteiger partial charge in [-0.2, -0.15) is 21.6 Å². The minimum atomic E-state index is -4.65. The molecule has 122 valence electrons. The number of hydrogen-bond donors (Lipinski definition) is 0. The normalized spacial score (nSPS) is 13.9. The molecule has 2 aromatic carbocycles. The van der Waals surface area contributed by atoms with Crippen LogP contribution in [0.25, 0.3) is 0 Å². The van der Waals surface area contributed by atoms with Crippen LogP contribution >= 0.6 is 0 Å². The van der Waals surface area contributed by atoms with Crippen molar-refractivity contribution in [3.63, 3.8) is 0 Å². The van der Waals surface area contributed by atoms with Crippen molar-refractivity contribution in [2.75, 3.05) is 6.79 Å². The van der Waals surface area contributed by atoms with E-state index in [1.807, 2.05) is 0 Å². The number of alkyl halides is 3. The first-order valence-electron chi connectivity index (χ1n) is 6.27. The van der Waals surface area contributed by atoms with Crippen molar-refractivity contribution >= 4 is 10.1 Å². The van der Waals surface area contributed by atoms with E-state index in [4.69, 9.17) is 13.7 Å². The summed E-state index contributed by atoms with van der Waals surface area (Å²) >= 11 is 0. The van der Waals surface area contributed by atoms with E-state index in [9.17, 15) is 21.6 Å². The Morgan fingerprint density at radius 1 is 1.00 bits per heavy atom. The summed E-state index contributed by atoms with van der Waals surface area (Å²) in [5, 5.41) is 0. The maximum atomic E-state index is 12.7. The molecule has 0 spiro atoms. The molecule has 0 aliphatic carbocycles. The van der Waals surface area contributed by atoms with Crippen LogP contribution in [0.1, 0.15) is 5.56 Å². The second-order valence-corrected chi connectivity index (χ2v) is 6.12. The topological polar surface area (TPSA) is 61.8 Å². The number of rotatable bonds is 3. The number of hydrogen-bond acceptors (Lipinski definition) is 5. The molecule has 1 aliphatic heterocycles. The van der Waals surface area contributed by atoms with Crippen LogP contribution in [0.4, 0.5) is 13.2 Å². The van der Waals surface area contributed by atoms with E-state index in [2.05, 4.69) is 0 Å². The molecule has 0 atom stereocenters. The molecule has 0 saturated carbocycles. The highest BCUT2D eigenvalue weighted by molar-refractivity contribution is 7.87. The first-order valence-corrected chi connectivity index (χ1v) is 7.68. The van der Waals surface area contributed by atoms with E-state index in [1.165, 1.54) is 18.2 Å². The maximum Gasteiger partial charge on any atom is 0.416 e. The van der Waals surface area contributed by atoms with Crippen molar-refractivity contribution in [3.05, 3.63) is 48.0 Å². The Bertz CT molecular complexity index is 846. The maximum absolute atomic E-state index is 12.7. The van der Waals surface area contributed by atoms with Crippen LogP contribution in [0.2, 0.25) is 0 Å². The summed E-state index contributed by atoms with van der Waals surface area (Å²) in [6, 6.07) is 7.36. The quantitative estimate of drug-likeness (QED) is 0.799. The summed E-state index contributed by atoms with van der Waals surface area (Å²) in [5.74, 6) is 0.627. The van der Waals surface area contributed by atoms with Crippen LogP contribution in [-0.2, 0) is 16.3 Å². The van der Waals surface area contributed by atoms with Crippen LogP contribution in [-0.4, -0.2) is 15.2 Å². The monoisotopic (exact) mass is 346 g/mol. The molecular weight excluding hydrogens is 337 g/mol. The molecule has 0 unspecified atom stereocenters. The average molecular weight is 346 g/mol. The largest absolute Gasteiger partial charge is 0.454 e. The smallest absolute Gasteiger partial charge is 0.416 e. The molecule has 9 heteroatoms. The summed E-state index contributed by atoms with van der Waals surface area (Å²) in [6.07, 6.45) is -4.65. The van der Waals surface area contributed by atoms with Gasteiger partial charge in [0.05, 0.1) is 5.56 Å². The van der Waals surface area contributed by atoms with Gasteiger partial charge >= 0.3 is 16.3 Å². The fourth-order valence-electron chi connectivity index (χ4n) is 1.93. The highest BCUT2D eigenvalue weighted by Gasteiger charge is 2.32. The molecule has 2 aromatic rings. The van der Waals surface area contributed by atoms with Gasteiger partial charge in [-0.25, -0.2) is 0 Å². The highest BCUT2D eigenvalue weighted by atomic mass is 32.2. The van der Waals surface area contributed by atoms with Crippen LogP contribution in [0.3, 0.4) is 0 Å². The molecule has 3 rings (SSSR count). The lowest BCUT2D eigenvalue weighted by Crippen LogP contribution is -2.12. The van der Waals surface area contributed by atoms with Gasteiger partial charge in [0.1, 0.15) is 10.6 Å². The molecule has 5 nitrogen and oxygen atoms in total. The molecule has 0 aromatic heterocycles. The zero-order chi connectivity index (χ0) is 16.7. The van der Waals surface area contributed by atoms with E-state index in [-0.39, 0.29) is 12.5 Å². The summed E-state index contributed by atoms with van der Waals surface area (Å²) in [4.78, 5) is -0.593. The van der Waals surface area contributed by atoms with Crippen molar-refractivity contribution in [1.82, 2.24) is 0 Å². The second-order valence-electron chi connectivity index (χ2n) is 4.58. The van der Waals surface area contributed by atoms with Crippen LogP contribution in [0.15, 0.2) is 47.4 Å². The third-order valence-electron chi connectivity index (χ3n) is 3.00. The molecule has 0 radical (unpaired) electrons. The minimum Gasteiger partial charge on any atom is -0.454 e. The van der Waals surface area contributed by atoms with Crippen molar-refractivity contribution in [1.29, 1.82) is 0 Å². The minimum absolute atomic E-state index is 0.000829. The summed E-state index contributed by atoms with van der Waals surface area (Å²) < 4.78 is 77.2. The second kappa shape index (κ2) is 5.34.